The van der Waals surface area contributed by atoms with Crippen molar-refractivity contribution in [2.75, 3.05) is 11.4 Å². The first-order chi connectivity index (χ1) is 10.7. The number of fused-ring (bicyclic) bond motifs is 1. The summed E-state index contributed by atoms with van der Waals surface area (Å²) in [6.45, 7) is 1.12. The van der Waals surface area contributed by atoms with Gasteiger partial charge in [-0.15, -0.1) is 12.4 Å². The lowest BCUT2D eigenvalue weighted by Crippen LogP contribution is -2.31. The van der Waals surface area contributed by atoms with Gasteiger partial charge in [-0.05, 0) is 48.6 Å². The van der Waals surface area contributed by atoms with Crippen molar-refractivity contribution in [3.05, 3.63) is 64.2 Å². The van der Waals surface area contributed by atoms with Crippen molar-refractivity contribution in [2.24, 2.45) is 5.73 Å². The van der Waals surface area contributed by atoms with Crippen LogP contribution in [-0.2, 0) is 13.0 Å². The number of hydrogen-bond donors (Lipinski definition) is 1. The number of amides is 1. The van der Waals surface area contributed by atoms with Crippen LogP contribution in [0.5, 0.6) is 0 Å². The van der Waals surface area contributed by atoms with Crippen molar-refractivity contribution < 1.29 is 4.79 Å². The van der Waals surface area contributed by atoms with E-state index < -0.39 is 0 Å². The first kappa shape index (κ1) is 17.8. The van der Waals surface area contributed by atoms with Gasteiger partial charge in [-0.3, -0.25) is 4.79 Å². The molecule has 0 saturated carbocycles. The summed E-state index contributed by atoms with van der Waals surface area (Å²) in [6, 6.07) is 13.5. The second-order valence-corrected chi connectivity index (χ2v) is 5.96. The summed E-state index contributed by atoms with van der Waals surface area (Å²) in [7, 11) is 0. The quantitative estimate of drug-likeness (QED) is 0.881. The van der Waals surface area contributed by atoms with Crippen LogP contribution in [0.15, 0.2) is 42.5 Å². The molecular weight excluding hydrogens is 331 g/mol. The highest BCUT2D eigenvalue weighted by atomic mass is 35.5. The highest BCUT2D eigenvalue weighted by Crippen LogP contribution is 2.28. The van der Waals surface area contributed by atoms with Gasteiger partial charge in [0.05, 0.1) is 0 Å². The molecule has 23 heavy (non-hydrogen) atoms. The minimum Gasteiger partial charge on any atom is -0.326 e. The molecule has 2 aromatic carbocycles. The van der Waals surface area contributed by atoms with Crippen LogP contribution in [0.3, 0.4) is 0 Å². The molecule has 0 bridgehead atoms. The molecule has 1 aliphatic heterocycles. The normalized spacial score (nSPS) is 13.7. The molecule has 0 unspecified atom stereocenters. The molecule has 1 aliphatic rings. The van der Waals surface area contributed by atoms with Gasteiger partial charge in [0.25, 0.3) is 5.91 Å². The summed E-state index contributed by atoms with van der Waals surface area (Å²) < 4.78 is 0. The van der Waals surface area contributed by atoms with Gasteiger partial charge in [-0.25, -0.2) is 0 Å². The molecule has 0 spiro atoms. The van der Waals surface area contributed by atoms with Crippen molar-refractivity contribution in [2.45, 2.75) is 25.8 Å². The third-order valence-corrected chi connectivity index (χ3v) is 4.48. The largest absolute Gasteiger partial charge is 0.326 e. The predicted octanol–water partition coefficient (Wildman–Crippen LogP) is 4.20. The van der Waals surface area contributed by atoms with E-state index in [4.69, 9.17) is 17.3 Å². The molecular formula is C18H20Cl2N2O. The molecule has 0 saturated heterocycles. The second kappa shape index (κ2) is 7.82. The van der Waals surface area contributed by atoms with Crippen LogP contribution >= 0.6 is 24.0 Å². The zero-order valence-corrected chi connectivity index (χ0v) is 14.4. The van der Waals surface area contributed by atoms with Gasteiger partial charge in [0.15, 0.2) is 0 Å². The van der Waals surface area contributed by atoms with E-state index in [0.29, 0.717) is 17.1 Å². The van der Waals surface area contributed by atoms with Crippen molar-refractivity contribution in [3.8, 4) is 0 Å². The van der Waals surface area contributed by atoms with Gasteiger partial charge in [-0.2, -0.15) is 0 Å². The van der Waals surface area contributed by atoms with Crippen LogP contribution in [0.4, 0.5) is 5.69 Å². The molecule has 1 heterocycles. The number of halogens is 2. The number of rotatable bonds is 2. The SMILES string of the molecule is Cl.NCc1ccc(C(=O)N2CCCCc3ccccc32)cc1Cl. The third-order valence-electron chi connectivity index (χ3n) is 4.13. The number of nitrogens with zero attached hydrogens (tertiary/aromatic N) is 1. The number of carbonyl (C=O) groups excluding carboxylic acids is 1. The van der Waals surface area contributed by atoms with E-state index in [2.05, 4.69) is 6.07 Å². The Morgan fingerprint density at radius 2 is 1.96 bits per heavy atom. The average Bonchev–Trinajstić information content (AvgIpc) is 2.76. The molecule has 2 aromatic rings. The lowest BCUT2D eigenvalue weighted by molar-refractivity contribution is 0.0987. The van der Waals surface area contributed by atoms with E-state index in [0.717, 1.165) is 37.1 Å². The van der Waals surface area contributed by atoms with Gasteiger partial charge in [0.1, 0.15) is 0 Å². The molecule has 3 nitrogen and oxygen atoms in total. The second-order valence-electron chi connectivity index (χ2n) is 5.55. The van der Waals surface area contributed by atoms with E-state index in [1.807, 2.05) is 35.2 Å². The minimum absolute atomic E-state index is 0. The average molecular weight is 351 g/mol. The van der Waals surface area contributed by atoms with Crippen molar-refractivity contribution in [1.29, 1.82) is 0 Å². The smallest absolute Gasteiger partial charge is 0.258 e. The van der Waals surface area contributed by atoms with Gasteiger partial charge in [-0.1, -0.05) is 35.9 Å². The first-order valence-corrected chi connectivity index (χ1v) is 7.97. The Balaban J connectivity index is 0.00000192. The van der Waals surface area contributed by atoms with E-state index in [1.54, 1.807) is 6.07 Å². The first-order valence-electron chi connectivity index (χ1n) is 7.59. The predicted molar refractivity (Wildman–Crippen MR) is 97.6 cm³/mol. The Kier molecular flexibility index (Phi) is 6.05. The Bertz CT molecular complexity index is 703. The lowest BCUT2D eigenvalue weighted by atomic mass is 10.1. The Morgan fingerprint density at radius 1 is 1.17 bits per heavy atom. The van der Waals surface area contributed by atoms with Gasteiger partial charge in [0, 0.05) is 29.4 Å². The topological polar surface area (TPSA) is 46.3 Å². The van der Waals surface area contributed by atoms with E-state index in [-0.39, 0.29) is 18.3 Å². The molecule has 122 valence electrons. The number of carbonyl (C=O) groups is 1. The van der Waals surface area contributed by atoms with Gasteiger partial charge < -0.3 is 10.6 Å². The molecule has 3 rings (SSSR count). The van der Waals surface area contributed by atoms with Crippen LogP contribution < -0.4 is 10.6 Å². The number of nitrogens with two attached hydrogens (primary N) is 1. The van der Waals surface area contributed by atoms with Crippen LogP contribution in [0.25, 0.3) is 0 Å². The van der Waals surface area contributed by atoms with Crippen molar-refractivity contribution in [3.63, 3.8) is 0 Å². The van der Waals surface area contributed by atoms with E-state index in [1.165, 1.54) is 5.56 Å². The van der Waals surface area contributed by atoms with E-state index >= 15 is 0 Å². The monoisotopic (exact) mass is 350 g/mol. The van der Waals surface area contributed by atoms with Crippen molar-refractivity contribution >= 4 is 35.6 Å². The third kappa shape index (κ3) is 3.69. The summed E-state index contributed by atoms with van der Waals surface area (Å²) in [5.74, 6) is -0.000165. The number of para-hydroxylation sites is 1. The molecule has 0 radical (unpaired) electrons. The molecule has 5 heteroatoms. The van der Waals surface area contributed by atoms with E-state index in [9.17, 15) is 4.79 Å². The summed E-state index contributed by atoms with van der Waals surface area (Å²) in [4.78, 5) is 14.8. The number of benzene rings is 2. The van der Waals surface area contributed by atoms with Crippen LogP contribution in [0.1, 0.15) is 34.3 Å². The highest BCUT2D eigenvalue weighted by Gasteiger charge is 2.22. The summed E-state index contributed by atoms with van der Waals surface area (Å²) in [6.07, 6.45) is 3.13. The zero-order chi connectivity index (χ0) is 15.5. The Labute approximate surface area is 147 Å². The molecule has 1 amide bonds. The maximum Gasteiger partial charge on any atom is 0.258 e. The fourth-order valence-electron chi connectivity index (χ4n) is 2.90. The molecule has 0 fully saturated rings. The van der Waals surface area contributed by atoms with Crippen LogP contribution in [0, 0.1) is 0 Å². The van der Waals surface area contributed by atoms with Crippen LogP contribution in [-0.4, -0.2) is 12.5 Å². The molecule has 0 atom stereocenters. The Hall–Kier alpha value is -1.55. The van der Waals surface area contributed by atoms with Crippen LogP contribution in [0.2, 0.25) is 5.02 Å². The molecule has 0 aliphatic carbocycles. The maximum atomic E-state index is 12.9. The fraction of sp³-hybridized carbons (Fsp3) is 0.278. The Morgan fingerprint density at radius 3 is 2.70 bits per heavy atom. The number of anilines is 1. The standard InChI is InChI=1S/C18H19ClN2O.ClH/c19-16-11-14(8-9-15(16)12-20)18(22)21-10-4-3-6-13-5-1-2-7-17(13)21;/h1-2,5,7-9,11H,3-4,6,10,12,20H2;1H. The maximum absolute atomic E-state index is 12.9. The fourth-order valence-corrected chi connectivity index (χ4v) is 3.16. The van der Waals surface area contributed by atoms with Gasteiger partial charge in [0.2, 0.25) is 0 Å². The summed E-state index contributed by atoms with van der Waals surface area (Å²) >= 11 is 6.19. The van der Waals surface area contributed by atoms with Crippen molar-refractivity contribution in [1.82, 2.24) is 0 Å². The number of hydrogen-bond acceptors (Lipinski definition) is 2. The number of aryl methyl sites for hydroxylation is 1. The molecule has 0 aromatic heterocycles. The zero-order valence-electron chi connectivity index (χ0n) is 12.8. The minimum atomic E-state index is -0.000165. The lowest BCUT2D eigenvalue weighted by Gasteiger charge is -2.23. The molecule has 2 N–H and O–H groups in total. The summed E-state index contributed by atoms with van der Waals surface area (Å²) in [5.41, 5.74) is 9.34. The summed E-state index contributed by atoms with van der Waals surface area (Å²) in [5, 5.41) is 0.552. The highest BCUT2D eigenvalue weighted by molar-refractivity contribution is 6.31. The van der Waals surface area contributed by atoms with Gasteiger partial charge >= 0.3 is 0 Å².